The molecule has 104 valence electrons. The summed E-state index contributed by atoms with van der Waals surface area (Å²) in [6.07, 6.45) is 0.584. The second kappa shape index (κ2) is 6.03. The lowest BCUT2D eigenvalue weighted by atomic mass is 9.98. The van der Waals surface area contributed by atoms with Crippen LogP contribution in [0.2, 0.25) is 5.02 Å². The Hall–Kier alpha value is -1.91. The molecule has 20 heavy (non-hydrogen) atoms. The van der Waals surface area contributed by atoms with Crippen molar-refractivity contribution in [1.29, 1.82) is 0 Å². The van der Waals surface area contributed by atoms with Crippen LogP contribution in [-0.2, 0) is 6.42 Å². The van der Waals surface area contributed by atoms with Gasteiger partial charge in [0.15, 0.2) is 0 Å². The summed E-state index contributed by atoms with van der Waals surface area (Å²) in [5.74, 6) is 0. The molecule has 2 aromatic carbocycles. The van der Waals surface area contributed by atoms with Crippen LogP contribution in [0.4, 0.5) is 5.69 Å². The van der Waals surface area contributed by atoms with E-state index in [1.165, 1.54) is 12.1 Å². The van der Waals surface area contributed by atoms with E-state index in [1.54, 1.807) is 12.1 Å². The zero-order valence-electron chi connectivity index (χ0n) is 11.0. The Labute approximate surface area is 122 Å². The summed E-state index contributed by atoms with van der Waals surface area (Å²) in [6, 6.07) is 12.0. The third kappa shape index (κ3) is 3.15. The van der Waals surface area contributed by atoms with Crippen LogP contribution in [0.1, 0.15) is 22.7 Å². The normalized spacial score (nSPS) is 12.2. The van der Waals surface area contributed by atoms with Gasteiger partial charge in [0.2, 0.25) is 0 Å². The van der Waals surface area contributed by atoms with E-state index >= 15 is 0 Å². The fourth-order valence-electron chi connectivity index (χ4n) is 2.07. The largest absolute Gasteiger partial charge is 0.324 e. The van der Waals surface area contributed by atoms with Crippen molar-refractivity contribution in [3.8, 4) is 0 Å². The molecule has 2 N–H and O–H groups in total. The fourth-order valence-corrected chi connectivity index (χ4v) is 2.34. The Balaban J connectivity index is 2.17. The first kappa shape index (κ1) is 14.5. The number of non-ortho nitro benzene ring substituents is 1. The summed E-state index contributed by atoms with van der Waals surface area (Å²) < 4.78 is 0. The van der Waals surface area contributed by atoms with Gasteiger partial charge in [-0.2, -0.15) is 0 Å². The van der Waals surface area contributed by atoms with Gasteiger partial charge in [0.05, 0.1) is 4.92 Å². The van der Waals surface area contributed by atoms with Gasteiger partial charge >= 0.3 is 0 Å². The summed E-state index contributed by atoms with van der Waals surface area (Å²) in [5, 5.41) is 11.3. The van der Waals surface area contributed by atoms with E-state index in [0.29, 0.717) is 11.4 Å². The highest BCUT2D eigenvalue weighted by Crippen LogP contribution is 2.27. The summed E-state index contributed by atoms with van der Waals surface area (Å²) in [6.45, 7) is 1.93. The number of nitro groups is 1. The van der Waals surface area contributed by atoms with Crippen LogP contribution < -0.4 is 5.73 Å². The van der Waals surface area contributed by atoms with Crippen LogP contribution >= 0.6 is 11.6 Å². The lowest BCUT2D eigenvalue weighted by Gasteiger charge is -2.15. The van der Waals surface area contributed by atoms with Crippen molar-refractivity contribution >= 4 is 17.3 Å². The van der Waals surface area contributed by atoms with E-state index in [9.17, 15) is 10.1 Å². The molecule has 0 heterocycles. The molecule has 0 radical (unpaired) electrons. The van der Waals surface area contributed by atoms with Gasteiger partial charge in [0.1, 0.15) is 0 Å². The average Bonchev–Trinajstić information content (AvgIpc) is 2.42. The van der Waals surface area contributed by atoms with E-state index in [-0.39, 0.29) is 11.7 Å². The zero-order valence-corrected chi connectivity index (χ0v) is 11.8. The molecule has 1 atom stereocenters. The molecule has 0 bridgehead atoms. The van der Waals surface area contributed by atoms with Gasteiger partial charge in [-0.25, -0.2) is 0 Å². The van der Waals surface area contributed by atoms with Crippen molar-refractivity contribution in [2.75, 3.05) is 0 Å². The number of hydrogen-bond donors (Lipinski definition) is 1. The molecule has 0 saturated carbocycles. The summed E-state index contributed by atoms with van der Waals surface area (Å²) in [4.78, 5) is 10.2. The summed E-state index contributed by atoms with van der Waals surface area (Å²) in [5.41, 5.74) is 9.08. The zero-order chi connectivity index (χ0) is 14.7. The highest BCUT2D eigenvalue weighted by atomic mass is 35.5. The first-order chi connectivity index (χ1) is 9.49. The lowest BCUT2D eigenvalue weighted by molar-refractivity contribution is -0.384. The third-order valence-electron chi connectivity index (χ3n) is 3.22. The second-order valence-corrected chi connectivity index (χ2v) is 5.09. The quantitative estimate of drug-likeness (QED) is 0.688. The van der Waals surface area contributed by atoms with Crippen LogP contribution in [0.5, 0.6) is 0 Å². The van der Waals surface area contributed by atoms with Crippen molar-refractivity contribution in [1.82, 2.24) is 0 Å². The number of benzene rings is 2. The second-order valence-electron chi connectivity index (χ2n) is 4.71. The van der Waals surface area contributed by atoms with Gasteiger partial charge in [-0.3, -0.25) is 10.1 Å². The van der Waals surface area contributed by atoms with Gasteiger partial charge in [-0.1, -0.05) is 41.9 Å². The number of nitrogens with two attached hydrogens (primary N) is 1. The van der Waals surface area contributed by atoms with E-state index in [1.807, 2.05) is 25.1 Å². The van der Waals surface area contributed by atoms with Crippen LogP contribution in [-0.4, -0.2) is 4.92 Å². The molecule has 0 aliphatic heterocycles. The third-order valence-corrected chi connectivity index (χ3v) is 3.74. The van der Waals surface area contributed by atoms with E-state index in [2.05, 4.69) is 0 Å². The predicted molar refractivity (Wildman–Crippen MR) is 79.9 cm³/mol. The molecule has 1 unspecified atom stereocenters. The average molecular weight is 291 g/mol. The minimum atomic E-state index is -0.416. The Morgan fingerprint density at radius 3 is 2.50 bits per heavy atom. The molecule has 0 amide bonds. The van der Waals surface area contributed by atoms with Crippen LogP contribution in [0.15, 0.2) is 42.5 Å². The topological polar surface area (TPSA) is 69.2 Å². The highest BCUT2D eigenvalue weighted by molar-refractivity contribution is 6.32. The summed E-state index contributed by atoms with van der Waals surface area (Å²) in [7, 11) is 0. The number of halogens is 1. The van der Waals surface area contributed by atoms with Crippen molar-refractivity contribution in [2.45, 2.75) is 19.4 Å². The fraction of sp³-hybridized carbons (Fsp3) is 0.200. The van der Waals surface area contributed by atoms with Crippen molar-refractivity contribution in [2.24, 2.45) is 5.73 Å². The minimum Gasteiger partial charge on any atom is -0.324 e. The summed E-state index contributed by atoms with van der Waals surface area (Å²) >= 11 is 6.25. The van der Waals surface area contributed by atoms with Crippen molar-refractivity contribution in [3.05, 3.63) is 74.3 Å². The van der Waals surface area contributed by atoms with Gasteiger partial charge in [0, 0.05) is 23.2 Å². The van der Waals surface area contributed by atoms with Crippen LogP contribution in [0.3, 0.4) is 0 Å². The Morgan fingerprint density at radius 1 is 1.25 bits per heavy atom. The Kier molecular flexibility index (Phi) is 4.37. The maximum atomic E-state index is 10.6. The van der Waals surface area contributed by atoms with Gasteiger partial charge in [0.25, 0.3) is 5.69 Å². The Morgan fingerprint density at radius 2 is 1.90 bits per heavy atom. The maximum absolute atomic E-state index is 10.6. The first-order valence-corrected chi connectivity index (χ1v) is 6.60. The minimum absolute atomic E-state index is 0.0795. The molecule has 0 aliphatic carbocycles. The van der Waals surface area contributed by atoms with Gasteiger partial charge in [-0.05, 0) is 30.0 Å². The van der Waals surface area contributed by atoms with Crippen LogP contribution in [0, 0.1) is 17.0 Å². The molecular weight excluding hydrogens is 276 g/mol. The monoisotopic (exact) mass is 290 g/mol. The number of rotatable bonds is 4. The first-order valence-electron chi connectivity index (χ1n) is 6.23. The molecule has 4 nitrogen and oxygen atoms in total. The van der Waals surface area contributed by atoms with Crippen molar-refractivity contribution in [3.63, 3.8) is 0 Å². The number of hydrogen-bond acceptors (Lipinski definition) is 3. The van der Waals surface area contributed by atoms with Crippen molar-refractivity contribution < 1.29 is 4.92 Å². The maximum Gasteiger partial charge on any atom is 0.269 e. The lowest BCUT2D eigenvalue weighted by Crippen LogP contribution is -2.14. The molecule has 2 aromatic rings. The molecule has 0 aromatic heterocycles. The molecule has 0 fully saturated rings. The standard InChI is InChI=1S/C15H15ClN2O2/c1-10-3-2-4-13(15(10)16)14(17)9-11-5-7-12(8-6-11)18(19)20/h2-8,14H,9,17H2,1H3. The molecular formula is C15H15ClN2O2. The Bertz CT molecular complexity index is 626. The molecule has 5 heteroatoms. The smallest absolute Gasteiger partial charge is 0.269 e. The highest BCUT2D eigenvalue weighted by Gasteiger charge is 2.13. The van der Waals surface area contributed by atoms with Gasteiger partial charge in [-0.15, -0.1) is 0 Å². The molecule has 2 rings (SSSR count). The molecule has 0 aliphatic rings. The number of aryl methyl sites for hydroxylation is 1. The number of nitrogens with zero attached hydrogens (tertiary/aromatic N) is 1. The molecule has 0 saturated heterocycles. The van der Waals surface area contributed by atoms with E-state index < -0.39 is 4.92 Å². The predicted octanol–water partition coefficient (Wildman–Crippen LogP) is 3.80. The van der Waals surface area contributed by atoms with E-state index in [4.69, 9.17) is 17.3 Å². The molecule has 0 spiro atoms. The SMILES string of the molecule is Cc1cccc(C(N)Cc2ccc([N+](=O)[O-])cc2)c1Cl. The van der Waals surface area contributed by atoms with Gasteiger partial charge < -0.3 is 5.73 Å². The number of nitro benzene ring substituents is 1. The van der Waals surface area contributed by atoms with E-state index in [0.717, 1.165) is 16.7 Å². The van der Waals surface area contributed by atoms with Crippen LogP contribution in [0.25, 0.3) is 0 Å².